The minimum Gasteiger partial charge on any atom is -0.493 e. The standard InChI is InChI=1S/C17H24O/c1-5-7-8-9-15(4)16-13-14(3)10-11-17(16)18-12-6-2/h10-11,13,15H,5-6,9,12H2,1-4H3. The first kappa shape index (κ1) is 14.6. The molecular formula is C17H24O. The summed E-state index contributed by atoms with van der Waals surface area (Å²) in [5, 5.41) is 0. The lowest BCUT2D eigenvalue weighted by atomic mass is 9.95. The van der Waals surface area contributed by atoms with Gasteiger partial charge in [-0.15, -0.1) is 11.8 Å². The van der Waals surface area contributed by atoms with Crippen molar-refractivity contribution in [2.75, 3.05) is 6.61 Å². The number of rotatable bonds is 5. The first-order valence-electron chi connectivity index (χ1n) is 6.88. The van der Waals surface area contributed by atoms with E-state index in [0.717, 1.165) is 31.6 Å². The van der Waals surface area contributed by atoms with E-state index in [9.17, 15) is 0 Å². The molecule has 0 saturated carbocycles. The van der Waals surface area contributed by atoms with Crippen LogP contribution in [0.15, 0.2) is 18.2 Å². The van der Waals surface area contributed by atoms with Crippen molar-refractivity contribution in [1.82, 2.24) is 0 Å². The average Bonchev–Trinajstić information content (AvgIpc) is 2.37. The molecule has 0 aromatic heterocycles. The summed E-state index contributed by atoms with van der Waals surface area (Å²) in [7, 11) is 0. The van der Waals surface area contributed by atoms with Gasteiger partial charge in [-0.25, -0.2) is 0 Å². The molecule has 0 aliphatic heterocycles. The lowest BCUT2D eigenvalue weighted by molar-refractivity contribution is 0.312. The zero-order valence-corrected chi connectivity index (χ0v) is 12.0. The first-order chi connectivity index (χ1) is 8.69. The van der Waals surface area contributed by atoms with Crippen LogP contribution in [0, 0.1) is 18.8 Å². The summed E-state index contributed by atoms with van der Waals surface area (Å²) in [6.07, 6.45) is 2.87. The van der Waals surface area contributed by atoms with Gasteiger partial charge < -0.3 is 4.74 Å². The van der Waals surface area contributed by atoms with Crippen LogP contribution in [-0.4, -0.2) is 6.61 Å². The first-order valence-corrected chi connectivity index (χ1v) is 6.88. The molecule has 0 amide bonds. The normalized spacial score (nSPS) is 11.6. The van der Waals surface area contributed by atoms with E-state index >= 15 is 0 Å². The Bertz CT molecular complexity index is 423. The Kier molecular flexibility index (Phi) is 6.36. The molecule has 1 nitrogen and oxygen atoms in total. The van der Waals surface area contributed by atoms with Crippen LogP contribution in [0.5, 0.6) is 5.75 Å². The Morgan fingerprint density at radius 2 is 2.00 bits per heavy atom. The molecule has 18 heavy (non-hydrogen) atoms. The molecule has 0 spiro atoms. The third-order valence-corrected chi connectivity index (χ3v) is 2.87. The molecule has 1 atom stereocenters. The van der Waals surface area contributed by atoms with E-state index < -0.39 is 0 Å². The van der Waals surface area contributed by atoms with Crippen molar-refractivity contribution in [3.63, 3.8) is 0 Å². The fourth-order valence-corrected chi connectivity index (χ4v) is 1.86. The van der Waals surface area contributed by atoms with Crippen molar-refractivity contribution in [3.8, 4) is 17.6 Å². The lowest BCUT2D eigenvalue weighted by Gasteiger charge is -2.16. The number of aryl methyl sites for hydroxylation is 1. The maximum atomic E-state index is 5.82. The molecule has 1 aromatic carbocycles. The van der Waals surface area contributed by atoms with Gasteiger partial charge in [0.1, 0.15) is 5.75 Å². The highest BCUT2D eigenvalue weighted by Gasteiger charge is 2.11. The molecule has 1 aromatic rings. The fraction of sp³-hybridized carbons (Fsp3) is 0.529. The second kappa shape index (κ2) is 7.82. The number of ether oxygens (including phenoxy) is 1. The van der Waals surface area contributed by atoms with Gasteiger partial charge in [0.25, 0.3) is 0 Å². The average molecular weight is 244 g/mol. The zero-order chi connectivity index (χ0) is 13.4. The Morgan fingerprint density at radius 3 is 2.67 bits per heavy atom. The van der Waals surface area contributed by atoms with Gasteiger partial charge >= 0.3 is 0 Å². The van der Waals surface area contributed by atoms with Gasteiger partial charge in [-0.1, -0.05) is 38.5 Å². The monoisotopic (exact) mass is 244 g/mol. The molecule has 0 aliphatic rings. The minimum absolute atomic E-state index is 0.427. The smallest absolute Gasteiger partial charge is 0.122 e. The summed E-state index contributed by atoms with van der Waals surface area (Å²) in [4.78, 5) is 0. The maximum Gasteiger partial charge on any atom is 0.122 e. The Morgan fingerprint density at radius 1 is 1.22 bits per heavy atom. The van der Waals surface area contributed by atoms with E-state index in [-0.39, 0.29) is 0 Å². The Balaban J connectivity index is 2.86. The van der Waals surface area contributed by atoms with Crippen LogP contribution in [0.4, 0.5) is 0 Å². The number of hydrogen-bond donors (Lipinski definition) is 0. The molecule has 1 rings (SSSR count). The topological polar surface area (TPSA) is 9.23 Å². The summed E-state index contributed by atoms with van der Waals surface area (Å²) < 4.78 is 5.82. The van der Waals surface area contributed by atoms with E-state index in [2.05, 4.69) is 57.7 Å². The van der Waals surface area contributed by atoms with Gasteiger partial charge in [0.15, 0.2) is 0 Å². The van der Waals surface area contributed by atoms with E-state index in [1.165, 1.54) is 11.1 Å². The second-order valence-electron chi connectivity index (χ2n) is 4.70. The summed E-state index contributed by atoms with van der Waals surface area (Å²) in [5.74, 6) is 7.81. The van der Waals surface area contributed by atoms with Crippen LogP contribution < -0.4 is 4.74 Å². The highest BCUT2D eigenvalue weighted by Crippen LogP contribution is 2.29. The molecule has 0 aliphatic carbocycles. The minimum atomic E-state index is 0.427. The molecule has 0 saturated heterocycles. The van der Waals surface area contributed by atoms with Crippen LogP contribution >= 0.6 is 0 Å². The third kappa shape index (κ3) is 4.45. The number of benzene rings is 1. The van der Waals surface area contributed by atoms with Crippen LogP contribution in [0.3, 0.4) is 0 Å². The summed E-state index contributed by atoms with van der Waals surface area (Å²) in [6, 6.07) is 6.42. The predicted molar refractivity (Wildman–Crippen MR) is 78.1 cm³/mol. The van der Waals surface area contributed by atoms with Crippen molar-refractivity contribution in [2.24, 2.45) is 0 Å². The zero-order valence-electron chi connectivity index (χ0n) is 12.0. The maximum absolute atomic E-state index is 5.82. The van der Waals surface area contributed by atoms with Gasteiger partial charge in [0.2, 0.25) is 0 Å². The highest BCUT2D eigenvalue weighted by molar-refractivity contribution is 5.39. The van der Waals surface area contributed by atoms with Crippen molar-refractivity contribution in [3.05, 3.63) is 29.3 Å². The Hall–Kier alpha value is -1.42. The summed E-state index contributed by atoms with van der Waals surface area (Å²) in [5.41, 5.74) is 2.57. The van der Waals surface area contributed by atoms with Crippen LogP contribution in [0.25, 0.3) is 0 Å². The molecule has 0 heterocycles. The largest absolute Gasteiger partial charge is 0.493 e. The van der Waals surface area contributed by atoms with Crippen LogP contribution in [0.1, 0.15) is 57.1 Å². The van der Waals surface area contributed by atoms with E-state index in [1.54, 1.807) is 0 Å². The molecular weight excluding hydrogens is 220 g/mol. The second-order valence-corrected chi connectivity index (χ2v) is 4.70. The van der Waals surface area contributed by atoms with E-state index in [1.807, 2.05) is 0 Å². The summed E-state index contributed by atoms with van der Waals surface area (Å²) in [6.45, 7) is 9.34. The van der Waals surface area contributed by atoms with Crippen molar-refractivity contribution >= 4 is 0 Å². The van der Waals surface area contributed by atoms with Gasteiger partial charge in [0, 0.05) is 12.8 Å². The molecule has 1 heteroatoms. The quantitative estimate of drug-likeness (QED) is 0.683. The predicted octanol–water partition coefficient (Wildman–Crippen LogP) is 4.69. The van der Waals surface area contributed by atoms with Crippen molar-refractivity contribution in [1.29, 1.82) is 0 Å². The Labute approximate surface area is 112 Å². The molecule has 1 unspecified atom stereocenters. The lowest BCUT2D eigenvalue weighted by Crippen LogP contribution is -2.02. The fourth-order valence-electron chi connectivity index (χ4n) is 1.86. The SMILES string of the molecule is CCC#CCC(C)c1cc(C)ccc1OCCC. The van der Waals surface area contributed by atoms with Gasteiger partial charge in [0.05, 0.1) is 6.61 Å². The third-order valence-electron chi connectivity index (χ3n) is 2.87. The van der Waals surface area contributed by atoms with E-state index in [0.29, 0.717) is 5.92 Å². The van der Waals surface area contributed by atoms with Gasteiger partial charge in [-0.3, -0.25) is 0 Å². The molecule has 0 radical (unpaired) electrons. The number of hydrogen-bond acceptors (Lipinski definition) is 1. The molecule has 0 fully saturated rings. The van der Waals surface area contributed by atoms with E-state index in [4.69, 9.17) is 4.74 Å². The molecule has 0 N–H and O–H groups in total. The van der Waals surface area contributed by atoms with Crippen LogP contribution in [0.2, 0.25) is 0 Å². The molecule has 0 bridgehead atoms. The van der Waals surface area contributed by atoms with Gasteiger partial charge in [-0.05, 0) is 30.9 Å². The van der Waals surface area contributed by atoms with Crippen molar-refractivity contribution in [2.45, 2.75) is 52.9 Å². The summed E-state index contributed by atoms with van der Waals surface area (Å²) >= 11 is 0. The van der Waals surface area contributed by atoms with Crippen molar-refractivity contribution < 1.29 is 4.74 Å². The molecule has 98 valence electrons. The van der Waals surface area contributed by atoms with Crippen LogP contribution in [-0.2, 0) is 0 Å². The van der Waals surface area contributed by atoms with Gasteiger partial charge in [-0.2, -0.15) is 0 Å². The highest BCUT2D eigenvalue weighted by atomic mass is 16.5.